The van der Waals surface area contributed by atoms with Gasteiger partial charge in [-0.15, -0.1) is 0 Å². The molecule has 0 aliphatic heterocycles. The summed E-state index contributed by atoms with van der Waals surface area (Å²) in [6.07, 6.45) is 3.36. The van der Waals surface area contributed by atoms with Gasteiger partial charge < -0.3 is 8.83 Å². The second-order valence-corrected chi connectivity index (χ2v) is 8.59. The van der Waals surface area contributed by atoms with Crippen LogP contribution in [0, 0.1) is 11.3 Å². The Morgan fingerprint density at radius 1 is 0.950 bits per heavy atom. The van der Waals surface area contributed by atoms with Crippen LogP contribution in [0.2, 0.25) is 6.55 Å². The van der Waals surface area contributed by atoms with Crippen LogP contribution in [0.1, 0.15) is 5.56 Å². The van der Waals surface area contributed by atoms with Crippen molar-refractivity contribution < 1.29 is 8.83 Å². The van der Waals surface area contributed by atoms with Crippen molar-refractivity contribution in [1.82, 2.24) is 0 Å². The van der Waals surface area contributed by atoms with E-state index in [0.717, 1.165) is 16.0 Å². The smallest absolute Gasteiger partial charge is 0.233 e. The van der Waals surface area contributed by atoms with Crippen LogP contribution in [-0.4, -0.2) is 8.07 Å². The van der Waals surface area contributed by atoms with Crippen molar-refractivity contribution in [2.75, 3.05) is 0 Å². The maximum absolute atomic E-state index is 9.11. The van der Waals surface area contributed by atoms with Crippen LogP contribution in [0.25, 0.3) is 0 Å². The van der Waals surface area contributed by atoms with Crippen LogP contribution in [-0.2, 0) is 0 Å². The third-order valence-corrected chi connectivity index (χ3v) is 7.60. The first kappa shape index (κ1) is 12.5. The molecule has 0 radical (unpaired) electrons. The molecule has 0 aliphatic rings. The van der Waals surface area contributed by atoms with Gasteiger partial charge in [0.2, 0.25) is 8.07 Å². The molecule has 0 saturated carbocycles. The zero-order chi connectivity index (χ0) is 14.0. The summed E-state index contributed by atoms with van der Waals surface area (Å²) in [6, 6.07) is 17.6. The molecule has 2 heterocycles. The van der Waals surface area contributed by atoms with Gasteiger partial charge >= 0.3 is 0 Å². The Balaban J connectivity index is 2.23. The Morgan fingerprint density at radius 2 is 1.60 bits per heavy atom. The summed E-state index contributed by atoms with van der Waals surface area (Å²) in [5.74, 6) is 0. The number of hydrogen-bond donors (Lipinski definition) is 0. The fourth-order valence-corrected chi connectivity index (χ4v) is 5.58. The number of furan rings is 2. The lowest BCUT2D eigenvalue weighted by Crippen LogP contribution is -2.64. The number of nitrogens with zero attached hydrogens (tertiary/aromatic N) is 1. The number of nitriles is 1. The normalized spacial score (nSPS) is 11.2. The average Bonchev–Trinajstić information content (AvgIpc) is 3.19. The van der Waals surface area contributed by atoms with Gasteiger partial charge in [0.05, 0.1) is 34.9 Å². The van der Waals surface area contributed by atoms with Crippen molar-refractivity contribution in [2.24, 2.45) is 0 Å². The number of benzene rings is 1. The van der Waals surface area contributed by atoms with E-state index >= 15 is 0 Å². The molecule has 2 aromatic heterocycles. The van der Waals surface area contributed by atoms with Gasteiger partial charge in [-0.1, -0.05) is 18.7 Å². The molecule has 0 saturated heterocycles. The fraction of sp³-hybridized carbons (Fsp3) is 0.0625. The maximum Gasteiger partial charge on any atom is 0.233 e. The van der Waals surface area contributed by atoms with E-state index in [2.05, 4.69) is 12.6 Å². The van der Waals surface area contributed by atoms with Gasteiger partial charge in [-0.05, 0) is 41.6 Å². The van der Waals surface area contributed by atoms with E-state index in [1.54, 1.807) is 12.5 Å². The van der Waals surface area contributed by atoms with Gasteiger partial charge in [0.1, 0.15) is 0 Å². The van der Waals surface area contributed by atoms with Crippen LogP contribution >= 0.6 is 0 Å². The highest BCUT2D eigenvalue weighted by atomic mass is 28.3. The van der Waals surface area contributed by atoms with E-state index < -0.39 is 8.07 Å². The van der Waals surface area contributed by atoms with Crippen molar-refractivity contribution in [3.8, 4) is 6.07 Å². The van der Waals surface area contributed by atoms with E-state index in [0.29, 0.717) is 5.56 Å². The lowest BCUT2D eigenvalue weighted by Gasteiger charge is -2.23. The minimum Gasteiger partial charge on any atom is -0.473 e. The Labute approximate surface area is 118 Å². The molecular weight excluding hydrogens is 266 g/mol. The predicted molar refractivity (Wildman–Crippen MR) is 79.1 cm³/mol. The van der Waals surface area contributed by atoms with Gasteiger partial charge in [0.25, 0.3) is 0 Å². The topological polar surface area (TPSA) is 50.1 Å². The molecule has 0 unspecified atom stereocenters. The molecule has 1 aromatic carbocycles. The molecule has 3 rings (SSSR count). The van der Waals surface area contributed by atoms with E-state index in [1.807, 2.05) is 48.5 Å². The molecular formula is C16H13NO2Si. The maximum atomic E-state index is 9.11. The minimum atomic E-state index is -2.31. The summed E-state index contributed by atoms with van der Waals surface area (Å²) in [5, 5.41) is 12.0. The largest absolute Gasteiger partial charge is 0.473 e. The third kappa shape index (κ3) is 1.89. The third-order valence-electron chi connectivity index (χ3n) is 3.60. The zero-order valence-electron chi connectivity index (χ0n) is 11.0. The highest BCUT2D eigenvalue weighted by Crippen LogP contribution is 2.09. The quantitative estimate of drug-likeness (QED) is 0.687. The molecule has 20 heavy (non-hydrogen) atoms. The number of hydrogen-bond acceptors (Lipinski definition) is 3. The van der Waals surface area contributed by atoms with Crippen LogP contribution in [0.15, 0.2) is 69.9 Å². The predicted octanol–water partition coefficient (Wildman–Crippen LogP) is 1.84. The van der Waals surface area contributed by atoms with Gasteiger partial charge in [-0.25, -0.2) is 0 Å². The molecule has 0 fully saturated rings. The summed E-state index contributed by atoms with van der Waals surface area (Å²) in [6.45, 7) is 2.17. The van der Waals surface area contributed by atoms with Crippen molar-refractivity contribution in [3.05, 3.63) is 66.6 Å². The molecule has 3 nitrogen and oxygen atoms in total. The molecule has 0 atom stereocenters. The van der Waals surface area contributed by atoms with Gasteiger partial charge in [-0.3, -0.25) is 0 Å². The molecule has 0 N–H and O–H groups in total. The van der Waals surface area contributed by atoms with Crippen molar-refractivity contribution in [3.63, 3.8) is 0 Å². The van der Waals surface area contributed by atoms with Gasteiger partial charge in [0.15, 0.2) is 0 Å². The lowest BCUT2D eigenvalue weighted by molar-refractivity contribution is 0.585. The van der Waals surface area contributed by atoms with E-state index in [4.69, 9.17) is 14.1 Å². The minimum absolute atomic E-state index is 0.652. The van der Waals surface area contributed by atoms with Crippen LogP contribution in [0.3, 0.4) is 0 Å². The van der Waals surface area contributed by atoms with Crippen molar-refractivity contribution >= 4 is 24.0 Å². The first-order chi connectivity index (χ1) is 9.75. The standard InChI is InChI=1S/C16H13NO2Si/c1-20(15-7-3-9-18-15,16-8-4-10-19-16)14-6-2-5-13(11-14)12-17/h2-11H,1H3. The second-order valence-electron chi connectivity index (χ2n) is 4.77. The SMILES string of the molecule is C[Si](c1cccc(C#N)c1)(c1ccco1)c1ccco1. The molecule has 3 aromatic rings. The monoisotopic (exact) mass is 279 g/mol. The summed E-state index contributed by atoms with van der Waals surface area (Å²) >= 11 is 0. The van der Waals surface area contributed by atoms with Gasteiger partial charge in [0, 0.05) is 0 Å². The Morgan fingerprint density at radius 3 is 2.10 bits per heavy atom. The second kappa shape index (κ2) is 4.87. The Hall–Kier alpha value is -2.51. The zero-order valence-corrected chi connectivity index (χ0v) is 12.0. The van der Waals surface area contributed by atoms with E-state index in [9.17, 15) is 0 Å². The average molecular weight is 279 g/mol. The van der Waals surface area contributed by atoms with E-state index in [-0.39, 0.29) is 0 Å². The van der Waals surface area contributed by atoms with Crippen LogP contribution < -0.4 is 16.0 Å². The van der Waals surface area contributed by atoms with Crippen molar-refractivity contribution in [1.29, 1.82) is 5.26 Å². The first-order valence-corrected chi connectivity index (χ1v) is 8.84. The summed E-state index contributed by atoms with van der Waals surface area (Å²) < 4.78 is 11.3. The van der Waals surface area contributed by atoms with Crippen molar-refractivity contribution in [2.45, 2.75) is 6.55 Å². The lowest BCUT2D eigenvalue weighted by atomic mass is 10.2. The van der Waals surface area contributed by atoms with Crippen LogP contribution in [0.5, 0.6) is 0 Å². The van der Waals surface area contributed by atoms with Crippen LogP contribution in [0.4, 0.5) is 0 Å². The fourth-order valence-electron chi connectivity index (χ4n) is 2.43. The van der Waals surface area contributed by atoms with Gasteiger partial charge in [-0.2, -0.15) is 5.26 Å². The highest BCUT2D eigenvalue weighted by Gasteiger charge is 2.40. The molecule has 4 heteroatoms. The molecule has 0 bridgehead atoms. The van der Waals surface area contributed by atoms with E-state index in [1.165, 1.54) is 0 Å². The molecule has 98 valence electrons. The highest BCUT2D eigenvalue weighted by molar-refractivity contribution is 7.09. The Bertz CT molecular complexity index is 705. The molecule has 0 spiro atoms. The summed E-state index contributed by atoms with van der Waals surface area (Å²) in [5.41, 5.74) is 0.652. The first-order valence-electron chi connectivity index (χ1n) is 6.34. The molecule has 0 aliphatic carbocycles. The Kier molecular flexibility index (Phi) is 3.05. The summed E-state index contributed by atoms with van der Waals surface area (Å²) in [4.78, 5) is 0. The number of rotatable bonds is 3. The summed E-state index contributed by atoms with van der Waals surface area (Å²) in [7, 11) is -2.31. The molecule has 0 amide bonds.